The molecule has 4 rings (SSSR count). The molecular formula is C23H25N3O5S. The van der Waals surface area contributed by atoms with Gasteiger partial charge in [0.2, 0.25) is 10.0 Å². The zero-order valence-electron chi connectivity index (χ0n) is 18.2. The maximum absolute atomic E-state index is 13.2. The van der Waals surface area contributed by atoms with E-state index in [0.29, 0.717) is 35.8 Å². The Morgan fingerprint density at radius 3 is 2.16 bits per heavy atom. The van der Waals surface area contributed by atoms with Crippen molar-refractivity contribution in [3.05, 3.63) is 59.8 Å². The van der Waals surface area contributed by atoms with Crippen LogP contribution in [0, 0.1) is 6.92 Å². The summed E-state index contributed by atoms with van der Waals surface area (Å²) in [5.41, 5.74) is 1.91. The average Bonchev–Trinajstić information content (AvgIpc) is 2.83. The molecule has 0 atom stereocenters. The number of aromatic nitrogens is 1. The number of methoxy groups -OCH3 is 2. The van der Waals surface area contributed by atoms with Gasteiger partial charge in [-0.2, -0.15) is 4.31 Å². The summed E-state index contributed by atoms with van der Waals surface area (Å²) in [6, 6.07) is 13.7. The molecule has 9 heteroatoms. The van der Waals surface area contributed by atoms with Gasteiger partial charge in [0.1, 0.15) is 11.5 Å². The molecule has 1 fully saturated rings. The maximum Gasteiger partial charge on any atom is 0.255 e. The number of sulfonamides is 1. The molecule has 0 radical (unpaired) electrons. The van der Waals surface area contributed by atoms with Gasteiger partial charge in [-0.05, 0) is 49.4 Å². The standard InChI is InChI=1S/C23H25N3O5S/c1-16-21(14-17-4-5-19(31-3)15-22(17)24-16)23(27)25-10-12-26(13-11-25)32(28,29)20-8-6-18(30-2)7-9-20/h4-9,14-15H,10-13H2,1-3H3. The van der Waals surface area contributed by atoms with Gasteiger partial charge in [-0.1, -0.05) is 0 Å². The number of ether oxygens (including phenoxy) is 2. The highest BCUT2D eigenvalue weighted by molar-refractivity contribution is 7.89. The van der Waals surface area contributed by atoms with Crippen LogP contribution in [0.4, 0.5) is 0 Å². The number of benzene rings is 2. The van der Waals surface area contributed by atoms with Gasteiger partial charge in [-0.15, -0.1) is 0 Å². The first-order valence-electron chi connectivity index (χ1n) is 10.2. The molecule has 1 saturated heterocycles. The van der Waals surface area contributed by atoms with Crippen LogP contribution in [-0.2, 0) is 10.0 Å². The average molecular weight is 456 g/mol. The number of amides is 1. The number of hydrogen-bond donors (Lipinski definition) is 0. The van der Waals surface area contributed by atoms with E-state index in [4.69, 9.17) is 9.47 Å². The molecule has 1 aromatic heterocycles. The predicted octanol–water partition coefficient (Wildman–Crippen LogP) is 2.71. The molecule has 2 heterocycles. The molecule has 0 unspecified atom stereocenters. The van der Waals surface area contributed by atoms with Gasteiger partial charge in [0.05, 0.1) is 35.9 Å². The molecule has 168 valence electrons. The van der Waals surface area contributed by atoms with Crippen LogP contribution in [0.3, 0.4) is 0 Å². The third-order valence-electron chi connectivity index (χ3n) is 5.67. The van der Waals surface area contributed by atoms with Crippen LogP contribution in [0.15, 0.2) is 53.4 Å². The first kappa shape index (κ1) is 22.0. The second-order valence-electron chi connectivity index (χ2n) is 7.55. The monoisotopic (exact) mass is 455 g/mol. The summed E-state index contributed by atoms with van der Waals surface area (Å²) in [6.45, 7) is 2.90. The summed E-state index contributed by atoms with van der Waals surface area (Å²) in [7, 11) is -0.500. The number of rotatable bonds is 5. The minimum atomic E-state index is -3.63. The van der Waals surface area contributed by atoms with Crippen LogP contribution < -0.4 is 9.47 Å². The first-order valence-corrected chi connectivity index (χ1v) is 11.7. The van der Waals surface area contributed by atoms with E-state index < -0.39 is 10.0 Å². The Balaban J connectivity index is 1.49. The summed E-state index contributed by atoms with van der Waals surface area (Å²) in [5.74, 6) is 1.16. The summed E-state index contributed by atoms with van der Waals surface area (Å²) in [4.78, 5) is 19.6. The minimum Gasteiger partial charge on any atom is -0.497 e. The number of aryl methyl sites for hydroxylation is 1. The molecule has 0 saturated carbocycles. The number of nitrogens with zero attached hydrogens (tertiary/aromatic N) is 3. The van der Waals surface area contributed by atoms with Crippen LogP contribution in [0.5, 0.6) is 11.5 Å². The van der Waals surface area contributed by atoms with Gasteiger partial charge in [-0.3, -0.25) is 9.78 Å². The van der Waals surface area contributed by atoms with Crippen LogP contribution in [0.2, 0.25) is 0 Å². The van der Waals surface area contributed by atoms with Crippen molar-refractivity contribution < 1.29 is 22.7 Å². The van der Waals surface area contributed by atoms with Gasteiger partial charge in [0.15, 0.2) is 0 Å². The summed E-state index contributed by atoms with van der Waals surface area (Å²) in [6.07, 6.45) is 0. The van der Waals surface area contributed by atoms with Crippen molar-refractivity contribution in [2.45, 2.75) is 11.8 Å². The van der Waals surface area contributed by atoms with Crippen molar-refractivity contribution >= 4 is 26.8 Å². The van der Waals surface area contributed by atoms with E-state index in [1.54, 1.807) is 31.1 Å². The summed E-state index contributed by atoms with van der Waals surface area (Å²) >= 11 is 0. The van der Waals surface area contributed by atoms with E-state index in [-0.39, 0.29) is 23.9 Å². The van der Waals surface area contributed by atoms with E-state index in [2.05, 4.69) is 4.98 Å². The van der Waals surface area contributed by atoms with E-state index in [1.807, 2.05) is 24.3 Å². The Labute approximate surface area is 187 Å². The van der Waals surface area contributed by atoms with Crippen molar-refractivity contribution in [3.63, 3.8) is 0 Å². The zero-order valence-corrected chi connectivity index (χ0v) is 19.1. The SMILES string of the molecule is COc1ccc(S(=O)(=O)N2CCN(C(=O)c3cc4ccc(OC)cc4nc3C)CC2)cc1. The maximum atomic E-state index is 13.2. The topological polar surface area (TPSA) is 89.0 Å². The van der Waals surface area contributed by atoms with Crippen molar-refractivity contribution in [3.8, 4) is 11.5 Å². The van der Waals surface area contributed by atoms with Gasteiger partial charge < -0.3 is 14.4 Å². The van der Waals surface area contributed by atoms with Gasteiger partial charge in [0, 0.05) is 37.6 Å². The predicted molar refractivity (Wildman–Crippen MR) is 121 cm³/mol. The molecule has 0 N–H and O–H groups in total. The fourth-order valence-corrected chi connectivity index (χ4v) is 5.21. The Hall–Kier alpha value is -3.17. The Morgan fingerprint density at radius 1 is 0.906 bits per heavy atom. The molecule has 1 aliphatic heterocycles. The molecule has 8 nitrogen and oxygen atoms in total. The molecule has 1 amide bonds. The molecule has 1 aliphatic rings. The Morgan fingerprint density at radius 2 is 1.53 bits per heavy atom. The molecular weight excluding hydrogens is 430 g/mol. The van der Waals surface area contributed by atoms with Crippen LogP contribution in [-0.4, -0.2) is 68.9 Å². The van der Waals surface area contributed by atoms with Crippen LogP contribution in [0.25, 0.3) is 10.9 Å². The molecule has 0 aliphatic carbocycles. The molecule has 3 aromatic rings. The van der Waals surface area contributed by atoms with Gasteiger partial charge >= 0.3 is 0 Å². The minimum absolute atomic E-state index is 0.144. The zero-order chi connectivity index (χ0) is 22.9. The summed E-state index contributed by atoms with van der Waals surface area (Å²) in [5, 5.41) is 0.848. The largest absolute Gasteiger partial charge is 0.497 e. The highest BCUT2D eigenvalue weighted by Gasteiger charge is 2.31. The first-order chi connectivity index (χ1) is 15.3. The lowest BCUT2D eigenvalue weighted by Crippen LogP contribution is -2.50. The molecule has 2 aromatic carbocycles. The number of pyridine rings is 1. The van der Waals surface area contributed by atoms with Crippen molar-refractivity contribution in [1.82, 2.24) is 14.2 Å². The van der Waals surface area contributed by atoms with E-state index in [0.717, 1.165) is 10.9 Å². The number of piperazine rings is 1. The third kappa shape index (κ3) is 4.13. The second kappa shape index (κ2) is 8.76. The third-order valence-corrected chi connectivity index (χ3v) is 7.58. The molecule has 0 spiro atoms. The van der Waals surface area contributed by atoms with Crippen LogP contribution in [0.1, 0.15) is 16.1 Å². The lowest BCUT2D eigenvalue weighted by molar-refractivity contribution is 0.0697. The number of hydrogen-bond acceptors (Lipinski definition) is 6. The van der Waals surface area contributed by atoms with E-state index in [9.17, 15) is 13.2 Å². The normalized spacial score (nSPS) is 15.0. The lowest BCUT2D eigenvalue weighted by Gasteiger charge is -2.34. The van der Waals surface area contributed by atoms with Crippen molar-refractivity contribution in [2.24, 2.45) is 0 Å². The highest BCUT2D eigenvalue weighted by Crippen LogP contribution is 2.24. The van der Waals surface area contributed by atoms with E-state index in [1.165, 1.54) is 23.5 Å². The fraction of sp³-hybridized carbons (Fsp3) is 0.304. The van der Waals surface area contributed by atoms with Gasteiger partial charge in [0.25, 0.3) is 5.91 Å². The van der Waals surface area contributed by atoms with Gasteiger partial charge in [-0.25, -0.2) is 8.42 Å². The Kier molecular flexibility index (Phi) is 6.03. The number of carbonyl (C=O) groups is 1. The highest BCUT2D eigenvalue weighted by atomic mass is 32.2. The lowest BCUT2D eigenvalue weighted by atomic mass is 10.1. The molecule has 0 bridgehead atoms. The fourth-order valence-electron chi connectivity index (χ4n) is 3.79. The summed E-state index contributed by atoms with van der Waals surface area (Å²) < 4.78 is 37.6. The number of fused-ring (bicyclic) bond motifs is 1. The smallest absolute Gasteiger partial charge is 0.255 e. The molecule has 32 heavy (non-hydrogen) atoms. The van der Waals surface area contributed by atoms with Crippen molar-refractivity contribution in [2.75, 3.05) is 40.4 Å². The second-order valence-corrected chi connectivity index (χ2v) is 9.49. The quantitative estimate of drug-likeness (QED) is 0.588. The van der Waals surface area contributed by atoms with Crippen LogP contribution >= 0.6 is 0 Å². The van der Waals surface area contributed by atoms with E-state index >= 15 is 0 Å². The number of carbonyl (C=O) groups excluding carboxylic acids is 1. The van der Waals surface area contributed by atoms with Crippen molar-refractivity contribution in [1.29, 1.82) is 0 Å². The Bertz CT molecular complexity index is 1250.